The summed E-state index contributed by atoms with van der Waals surface area (Å²) in [5, 5.41) is 0. The van der Waals surface area contributed by atoms with Crippen LogP contribution in [0.5, 0.6) is 0 Å². The Morgan fingerprint density at radius 3 is 2.91 bits per heavy atom. The molecule has 0 aromatic rings. The van der Waals surface area contributed by atoms with E-state index in [4.69, 9.17) is 10.5 Å². The molecule has 1 atom stereocenters. The zero-order valence-corrected chi connectivity index (χ0v) is 6.51. The van der Waals surface area contributed by atoms with Gasteiger partial charge in [0, 0.05) is 18.6 Å². The maximum absolute atomic E-state index is 10.6. The van der Waals surface area contributed by atoms with Gasteiger partial charge in [0.25, 0.3) is 0 Å². The van der Waals surface area contributed by atoms with Crippen LogP contribution >= 0.6 is 0 Å². The van der Waals surface area contributed by atoms with Crippen molar-refractivity contribution < 1.29 is 9.53 Å². The van der Waals surface area contributed by atoms with E-state index in [1.54, 1.807) is 0 Å². The Morgan fingerprint density at radius 1 is 1.73 bits per heavy atom. The summed E-state index contributed by atoms with van der Waals surface area (Å²) in [7, 11) is 0. The lowest BCUT2D eigenvalue weighted by atomic mass is 10.1. The molecule has 0 spiro atoms. The van der Waals surface area contributed by atoms with Crippen LogP contribution in [0.4, 0.5) is 0 Å². The van der Waals surface area contributed by atoms with Crippen molar-refractivity contribution in [1.29, 1.82) is 0 Å². The Hall–Kier alpha value is -0.830. The van der Waals surface area contributed by atoms with Crippen LogP contribution in [-0.4, -0.2) is 18.6 Å². The summed E-state index contributed by atoms with van der Waals surface area (Å²) >= 11 is 0. The Bertz CT molecular complexity index is 171. The van der Waals surface area contributed by atoms with Crippen LogP contribution < -0.4 is 5.73 Å². The van der Waals surface area contributed by atoms with Gasteiger partial charge in [-0.25, -0.2) is 0 Å². The second-order valence-electron chi connectivity index (χ2n) is 2.81. The molecule has 62 valence electrons. The van der Waals surface area contributed by atoms with Gasteiger partial charge in [-0.05, 0) is 12.8 Å². The minimum Gasteiger partial charge on any atom is -0.378 e. The van der Waals surface area contributed by atoms with Gasteiger partial charge in [-0.1, -0.05) is 6.58 Å². The summed E-state index contributed by atoms with van der Waals surface area (Å²) in [5.41, 5.74) is 5.49. The number of rotatable bonds is 3. The van der Waals surface area contributed by atoms with Crippen molar-refractivity contribution >= 4 is 5.91 Å². The maximum atomic E-state index is 10.6. The van der Waals surface area contributed by atoms with Gasteiger partial charge in [-0.3, -0.25) is 4.79 Å². The summed E-state index contributed by atoms with van der Waals surface area (Å²) in [6.07, 6.45) is 2.87. The fourth-order valence-corrected chi connectivity index (χ4v) is 1.18. The molecule has 0 radical (unpaired) electrons. The van der Waals surface area contributed by atoms with E-state index < -0.39 is 5.91 Å². The van der Waals surface area contributed by atoms with Crippen LogP contribution in [0, 0.1) is 0 Å². The molecule has 0 bridgehead atoms. The van der Waals surface area contributed by atoms with Gasteiger partial charge in [0.05, 0.1) is 6.10 Å². The highest BCUT2D eigenvalue weighted by atomic mass is 16.5. The molecule has 2 N–H and O–H groups in total. The average Bonchev–Trinajstić information content (AvgIpc) is 2.39. The lowest BCUT2D eigenvalue weighted by Gasteiger charge is -2.08. The average molecular weight is 155 g/mol. The van der Waals surface area contributed by atoms with E-state index in [1.165, 1.54) is 0 Å². The molecule has 0 aromatic carbocycles. The molecule has 11 heavy (non-hydrogen) atoms. The molecule has 0 aliphatic carbocycles. The number of carbonyl (C=O) groups is 1. The van der Waals surface area contributed by atoms with Gasteiger partial charge >= 0.3 is 0 Å². The summed E-state index contributed by atoms with van der Waals surface area (Å²) < 4.78 is 5.31. The number of nitrogens with two attached hydrogens (primary N) is 1. The third kappa shape index (κ3) is 2.35. The van der Waals surface area contributed by atoms with Crippen LogP contribution in [0.25, 0.3) is 0 Å². The minimum atomic E-state index is -0.416. The largest absolute Gasteiger partial charge is 0.378 e. The second-order valence-corrected chi connectivity index (χ2v) is 2.81. The number of ether oxygens (including phenoxy) is 1. The van der Waals surface area contributed by atoms with Gasteiger partial charge in [0.1, 0.15) is 0 Å². The van der Waals surface area contributed by atoms with E-state index in [0.29, 0.717) is 12.0 Å². The maximum Gasteiger partial charge on any atom is 0.244 e. The molecule has 3 heteroatoms. The van der Waals surface area contributed by atoms with Crippen molar-refractivity contribution in [2.24, 2.45) is 5.73 Å². The Balaban J connectivity index is 2.29. The van der Waals surface area contributed by atoms with Crippen molar-refractivity contribution in [2.45, 2.75) is 25.4 Å². The fraction of sp³-hybridized carbons (Fsp3) is 0.625. The van der Waals surface area contributed by atoms with Crippen LogP contribution in [-0.2, 0) is 9.53 Å². The van der Waals surface area contributed by atoms with E-state index in [9.17, 15) is 4.79 Å². The van der Waals surface area contributed by atoms with Crippen molar-refractivity contribution in [3.8, 4) is 0 Å². The van der Waals surface area contributed by atoms with Gasteiger partial charge in [-0.15, -0.1) is 0 Å². The molecule has 1 amide bonds. The summed E-state index contributed by atoms with van der Waals surface area (Å²) in [6, 6.07) is 0. The third-order valence-corrected chi connectivity index (χ3v) is 1.85. The minimum absolute atomic E-state index is 0.176. The SMILES string of the molecule is C=C(C[C@@H]1CCCO1)C(N)=O. The predicted octanol–water partition coefficient (Wildman–Crippen LogP) is 0.597. The molecule has 1 aliphatic heterocycles. The highest BCUT2D eigenvalue weighted by molar-refractivity contribution is 5.91. The highest BCUT2D eigenvalue weighted by Crippen LogP contribution is 2.18. The van der Waals surface area contributed by atoms with Gasteiger partial charge in [0.15, 0.2) is 0 Å². The second kappa shape index (κ2) is 3.53. The fourth-order valence-electron chi connectivity index (χ4n) is 1.18. The standard InChI is InChI=1S/C8H13NO2/c1-6(8(9)10)5-7-3-2-4-11-7/h7H,1-5H2,(H2,9,10)/t7-/m0/s1. The van der Waals surface area contributed by atoms with Crippen molar-refractivity contribution in [3.63, 3.8) is 0 Å². The summed E-state index contributed by atoms with van der Waals surface area (Å²) in [6.45, 7) is 4.37. The molecule has 1 rings (SSSR count). The number of hydrogen-bond donors (Lipinski definition) is 1. The van der Waals surface area contributed by atoms with Gasteiger partial charge in [-0.2, -0.15) is 0 Å². The number of hydrogen-bond acceptors (Lipinski definition) is 2. The predicted molar refractivity (Wildman–Crippen MR) is 41.9 cm³/mol. The first kappa shape index (κ1) is 8.27. The molecule has 1 heterocycles. The van der Waals surface area contributed by atoms with Crippen LogP contribution in [0.3, 0.4) is 0 Å². The van der Waals surface area contributed by atoms with E-state index >= 15 is 0 Å². The number of carbonyl (C=O) groups excluding carboxylic acids is 1. The highest BCUT2D eigenvalue weighted by Gasteiger charge is 2.17. The molecule has 1 fully saturated rings. The summed E-state index contributed by atoms with van der Waals surface area (Å²) in [4.78, 5) is 10.6. The first-order chi connectivity index (χ1) is 5.20. The molecule has 0 aromatic heterocycles. The Labute approximate surface area is 66.2 Å². The molecule has 0 saturated carbocycles. The first-order valence-electron chi connectivity index (χ1n) is 3.79. The topological polar surface area (TPSA) is 52.3 Å². The molecule has 1 aliphatic rings. The lowest BCUT2D eigenvalue weighted by Crippen LogP contribution is -2.17. The zero-order chi connectivity index (χ0) is 8.27. The molecule has 3 nitrogen and oxygen atoms in total. The van der Waals surface area contributed by atoms with E-state index in [2.05, 4.69) is 6.58 Å². The molecule has 1 saturated heterocycles. The van der Waals surface area contributed by atoms with Crippen molar-refractivity contribution in [1.82, 2.24) is 0 Å². The van der Waals surface area contributed by atoms with E-state index in [-0.39, 0.29) is 6.10 Å². The molecule has 0 unspecified atom stereocenters. The van der Waals surface area contributed by atoms with Crippen LogP contribution in [0.1, 0.15) is 19.3 Å². The van der Waals surface area contributed by atoms with Crippen LogP contribution in [0.15, 0.2) is 12.2 Å². The Kier molecular flexibility index (Phi) is 2.65. The smallest absolute Gasteiger partial charge is 0.244 e. The van der Waals surface area contributed by atoms with Gasteiger partial charge in [0.2, 0.25) is 5.91 Å². The Morgan fingerprint density at radius 2 is 2.45 bits per heavy atom. The van der Waals surface area contributed by atoms with Gasteiger partial charge < -0.3 is 10.5 Å². The number of primary amides is 1. The molecular weight excluding hydrogens is 142 g/mol. The van der Waals surface area contributed by atoms with Crippen LogP contribution in [0.2, 0.25) is 0 Å². The third-order valence-electron chi connectivity index (χ3n) is 1.85. The monoisotopic (exact) mass is 155 g/mol. The normalized spacial score (nSPS) is 23.5. The molecular formula is C8H13NO2. The number of amides is 1. The van der Waals surface area contributed by atoms with Crippen molar-refractivity contribution in [2.75, 3.05) is 6.61 Å². The quantitative estimate of drug-likeness (QED) is 0.607. The van der Waals surface area contributed by atoms with E-state index in [0.717, 1.165) is 19.4 Å². The zero-order valence-electron chi connectivity index (χ0n) is 6.51. The first-order valence-corrected chi connectivity index (χ1v) is 3.79. The lowest BCUT2D eigenvalue weighted by molar-refractivity contribution is -0.114. The van der Waals surface area contributed by atoms with E-state index in [1.807, 2.05) is 0 Å². The summed E-state index contributed by atoms with van der Waals surface area (Å²) in [5.74, 6) is -0.416. The van der Waals surface area contributed by atoms with Crippen molar-refractivity contribution in [3.05, 3.63) is 12.2 Å².